The zero-order valence-corrected chi connectivity index (χ0v) is 14.6. The van der Waals surface area contributed by atoms with Gasteiger partial charge in [0.2, 0.25) is 0 Å². The Bertz CT molecular complexity index is 751. The maximum atomic E-state index is 5.82. The Kier molecular flexibility index (Phi) is 6.23. The Balaban J connectivity index is 1.47. The van der Waals surface area contributed by atoms with Crippen LogP contribution < -0.4 is 10.1 Å². The monoisotopic (exact) mass is 336 g/mol. The van der Waals surface area contributed by atoms with Crippen LogP contribution in [0, 0.1) is 0 Å². The number of nitrogens with one attached hydrogen (secondary N) is 1. The van der Waals surface area contributed by atoms with Crippen LogP contribution in [0.5, 0.6) is 5.75 Å². The molecule has 1 N–H and O–H groups in total. The quantitative estimate of drug-likeness (QED) is 0.586. The average Bonchev–Trinajstić information content (AvgIpc) is 3.14. The zero-order valence-electron chi connectivity index (χ0n) is 14.6. The lowest BCUT2D eigenvalue weighted by molar-refractivity contribution is 0.311. The van der Waals surface area contributed by atoms with Gasteiger partial charge in [-0.15, -0.1) is 0 Å². The summed E-state index contributed by atoms with van der Waals surface area (Å²) in [6.07, 6.45) is 2.03. The molecular weight excluding hydrogens is 312 g/mol. The van der Waals surface area contributed by atoms with Crippen molar-refractivity contribution in [1.29, 1.82) is 0 Å². The molecule has 25 heavy (non-hydrogen) atoms. The lowest BCUT2D eigenvalue weighted by atomic mass is 10.1. The highest BCUT2D eigenvalue weighted by Gasteiger charge is 2.06. The van der Waals surface area contributed by atoms with Crippen LogP contribution in [0.15, 0.2) is 65.2 Å². The second-order valence-corrected chi connectivity index (χ2v) is 5.92. The van der Waals surface area contributed by atoms with Crippen molar-refractivity contribution in [2.45, 2.75) is 26.3 Å². The number of hydrogen-bond donors (Lipinski definition) is 1. The third-order valence-corrected chi connectivity index (χ3v) is 3.98. The predicted octanol–water partition coefficient (Wildman–Crippen LogP) is 4.46. The van der Waals surface area contributed by atoms with E-state index in [-0.39, 0.29) is 0 Å². The second kappa shape index (κ2) is 9.04. The highest BCUT2D eigenvalue weighted by atomic mass is 16.5. The largest absolute Gasteiger partial charge is 0.494 e. The molecule has 0 unspecified atom stereocenters. The van der Waals surface area contributed by atoms with Gasteiger partial charge in [0, 0.05) is 18.2 Å². The van der Waals surface area contributed by atoms with E-state index in [2.05, 4.69) is 41.7 Å². The molecule has 4 nitrogen and oxygen atoms in total. The van der Waals surface area contributed by atoms with E-state index in [1.807, 2.05) is 36.4 Å². The van der Waals surface area contributed by atoms with Crippen LogP contribution in [0.2, 0.25) is 0 Å². The molecule has 0 aliphatic heterocycles. The van der Waals surface area contributed by atoms with E-state index in [0.29, 0.717) is 6.61 Å². The fourth-order valence-corrected chi connectivity index (χ4v) is 2.61. The summed E-state index contributed by atoms with van der Waals surface area (Å²) in [7, 11) is 0. The molecule has 3 aromatic rings. The molecular formula is C21H24N2O2. The summed E-state index contributed by atoms with van der Waals surface area (Å²) in [5, 5.41) is 7.31. The van der Waals surface area contributed by atoms with E-state index in [9.17, 15) is 0 Å². The predicted molar refractivity (Wildman–Crippen MR) is 99.6 cm³/mol. The number of nitrogens with zero attached hydrogens (tertiary/aromatic N) is 1. The van der Waals surface area contributed by atoms with Gasteiger partial charge in [-0.2, -0.15) is 0 Å². The molecule has 0 saturated carbocycles. The maximum absolute atomic E-state index is 5.82. The molecule has 1 aromatic heterocycles. The van der Waals surface area contributed by atoms with Crippen LogP contribution in [0.4, 0.5) is 0 Å². The number of rotatable bonds is 9. The Morgan fingerprint density at radius 1 is 1.04 bits per heavy atom. The van der Waals surface area contributed by atoms with Crippen LogP contribution in [-0.2, 0) is 13.0 Å². The Morgan fingerprint density at radius 2 is 1.84 bits per heavy atom. The van der Waals surface area contributed by atoms with E-state index in [0.717, 1.165) is 48.7 Å². The number of aryl methyl sites for hydroxylation is 1. The summed E-state index contributed by atoms with van der Waals surface area (Å²) >= 11 is 0. The van der Waals surface area contributed by atoms with Crippen molar-refractivity contribution >= 4 is 0 Å². The van der Waals surface area contributed by atoms with Gasteiger partial charge in [0.25, 0.3) is 0 Å². The molecule has 4 heteroatoms. The molecule has 0 aliphatic rings. The summed E-state index contributed by atoms with van der Waals surface area (Å²) in [5.74, 6) is 1.66. The molecule has 3 rings (SSSR count). The van der Waals surface area contributed by atoms with Crippen LogP contribution in [0.3, 0.4) is 0 Å². The summed E-state index contributed by atoms with van der Waals surface area (Å²) in [6, 6.07) is 20.4. The highest BCUT2D eigenvalue weighted by molar-refractivity contribution is 5.58. The van der Waals surface area contributed by atoms with Gasteiger partial charge in [-0.25, -0.2) is 0 Å². The Hall–Kier alpha value is -2.59. The minimum Gasteiger partial charge on any atom is -0.494 e. The van der Waals surface area contributed by atoms with E-state index >= 15 is 0 Å². The summed E-state index contributed by atoms with van der Waals surface area (Å²) in [5.41, 5.74) is 3.27. The molecule has 0 saturated heterocycles. The van der Waals surface area contributed by atoms with Crippen molar-refractivity contribution in [2.24, 2.45) is 0 Å². The SMILES string of the molecule is CCNCc1cc(-c2ccc(OCCCc3ccccc3)cc2)on1. The zero-order chi connectivity index (χ0) is 17.3. The van der Waals surface area contributed by atoms with Gasteiger partial charge in [0.15, 0.2) is 5.76 Å². The topological polar surface area (TPSA) is 47.3 Å². The number of hydrogen-bond acceptors (Lipinski definition) is 4. The molecule has 0 spiro atoms. The van der Waals surface area contributed by atoms with E-state index < -0.39 is 0 Å². The van der Waals surface area contributed by atoms with Crippen molar-refractivity contribution < 1.29 is 9.26 Å². The van der Waals surface area contributed by atoms with Crippen molar-refractivity contribution in [1.82, 2.24) is 10.5 Å². The third kappa shape index (κ3) is 5.19. The second-order valence-electron chi connectivity index (χ2n) is 5.92. The molecule has 0 radical (unpaired) electrons. The van der Waals surface area contributed by atoms with Gasteiger partial charge in [0.1, 0.15) is 5.75 Å². The average molecular weight is 336 g/mol. The highest BCUT2D eigenvalue weighted by Crippen LogP contribution is 2.23. The van der Waals surface area contributed by atoms with Crippen LogP contribution in [0.1, 0.15) is 24.6 Å². The summed E-state index contributed by atoms with van der Waals surface area (Å²) < 4.78 is 11.2. The first-order valence-corrected chi connectivity index (χ1v) is 8.78. The summed E-state index contributed by atoms with van der Waals surface area (Å²) in [4.78, 5) is 0. The Labute approximate surface area is 148 Å². The van der Waals surface area contributed by atoms with Gasteiger partial charge in [-0.1, -0.05) is 42.4 Å². The first-order chi connectivity index (χ1) is 12.3. The van der Waals surface area contributed by atoms with Crippen molar-refractivity contribution in [2.75, 3.05) is 13.2 Å². The van der Waals surface area contributed by atoms with Gasteiger partial charge >= 0.3 is 0 Å². The van der Waals surface area contributed by atoms with Gasteiger partial charge < -0.3 is 14.6 Å². The lowest BCUT2D eigenvalue weighted by Gasteiger charge is -2.06. The maximum Gasteiger partial charge on any atom is 0.167 e. The van der Waals surface area contributed by atoms with Gasteiger partial charge in [0.05, 0.1) is 12.3 Å². The molecule has 0 amide bonds. The third-order valence-electron chi connectivity index (χ3n) is 3.98. The molecule has 0 fully saturated rings. The van der Waals surface area contributed by atoms with Crippen LogP contribution in [-0.4, -0.2) is 18.3 Å². The van der Waals surface area contributed by atoms with Crippen LogP contribution in [0.25, 0.3) is 11.3 Å². The minimum atomic E-state index is 0.712. The minimum absolute atomic E-state index is 0.712. The summed E-state index contributed by atoms with van der Waals surface area (Å²) in [6.45, 7) is 4.42. The molecule has 0 aliphatic carbocycles. The van der Waals surface area contributed by atoms with Crippen molar-refractivity contribution in [3.8, 4) is 17.1 Å². The molecule has 0 bridgehead atoms. The smallest absolute Gasteiger partial charge is 0.167 e. The molecule has 1 heterocycles. The molecule has 130 valence electrons. The number of benzene rings is 2. The first-order valence-electron chi connectivity index (χ1n) is 8.78. The van der Waals surface area contributed by atoms with E-state index in [1.165, 1.54) is 5.56 Å². The first kappa shape index (κ1) is 17.2. The normalized spacial score (nSPS) is 10.8. The van der Waals surface area contributed by atoms with Crippen molar-refractivity contribution in [3.63, 3.8) is 0 Å². The molecule has 0 atom stereocenters. The number of ether oxygens (including phenoxy) is 1. The number of aromatic nitrogens is 1. The fourth-order valence-electron chi connectivity index (χ4n) is 2.61. The van der Waals surface area contributed by atoms with Gasteiger partial charge in [-0.05, 0) is 49.2 Å². The standard InChI is InChI=1S/C21H24N2O2/c1-2-22-16-19-15-21(25-23-19)18-10-12-20(13-11-18)24-14-6-9-17-7-4-3-5-8-17/h3-5,7-8,10-13,15,22H,2,6,9,14,16H2,1H3. The van der Waals surface area contributed by atoms with E-state index in [1.54, 1.807) is 0 Å². The van der Waals surface area contributed by atoms with Crippen LogP contribution >= 0.6 is 0 Å². The van der Waals surface area contributed by atoms with E-state index in [4.69, 9.17) is 9.26 Å². The Morgan fingerprint density at radius 3 is 2.60 bits per heavy atom. The molecule has 2 aromatic carbocycles. The fraction of sp³-hybridized carbons (Fsp3) is 0.286. The van der Waals surface area contributed by atoms with Gasteiger partial charge in [-0.3, -0.25) is 0 Å². The van der Waals surface area contributed by atoms with Crippen molar-refractivity contribution in [3.05, 3.63) is 71.9 Å². The lowest BCUT2D eigenvalue weighted by Crippen LogP contribution is -2.11.